The lowest BCUT2D eigenvalue weighted by molar-refractivity contribution is 0.321. The lowest BCUT2D eigenvalue weighted by atomic mass is 9.85. The van der Waals surface area contributed by atoms with Gasteiger partial charge in [-0.1, -0.05) is 138 Å². The Labute approximate surface area is 197 Å². The van der Waals surface area contributed by atoms with Gasteiger partial charge in [0.25, 0.3) is 0 Å². The molecule has 0 aliphatic heterocycles. The third kappa shape index (κ3) is 18.0. The Hall–Kier alpha value is 0.350. The van der Waals surface area contributed by atoms with Crippen LogP contribution in [0.2, 0.25) is 0 Å². The number of thioether (sulfide) groups is 1. The molecule has 0 bridgehead atoms. The highest BCUT2D eigenvalue weighted by molar-refractivity contribution is 7.99. The summed E-state index contributed by atoms with van der Waals surface area (Å²) in [7, 11) is 0. The molecule has 0 rings (SSSR count). The summed E-state index contributed by atoms with van der Waals surface area (Å²) in [6.45, 7) is 14.3. The first-order valence-electron chi connectivity index (χ1n) is 14.2. The minimum atomic E-state index is 0.911. The highest BCUT2D eigenvalue weighted by atomic mass is 32.2. The fourth-order valence-electron chi connectivity index (χ4n) is 4.95. The van der Waals surface area contributed by atoms with Crippen LogP contribution in [0.5, 0.6) is 0 Å². The minimum absolute atomic E-state index is 0.911. The van der Waals surface area contributed by atoms with Gasteiger partial charge < -0.3 is 0 Å². The maximum absolute atomic E-state index is 2.54. The normalized spacial score (nSPS) is 15.8. The molecule has 182 valence electrons. The van der Waals surface area contributed by atoms with Gasteiger partial charge in [0.1, 0.15) is 0 Å². The van der Waals surface area contributed by atoms with E-state index < -0.39 is 0 Å². The lowest BCUT2D eigenvalue weighted by Gasteiger charge is -2.22. The molecule has 0 radical (unpaired) electrons. The van der Waals surface area contributed by atoms with E-state index in [0.717, 1.165) is 23.0 Å². The van der Waals surface area contributed by atoms with Crippen LogP contribution in [0.4, 0.5) is 0 Å². The summed E-state index contributed by atoms with van der Waals surface area (Å²) in [5.41, 5.74) is 0. The van der Waals surface area contributed by atoms with Gasteiger partial charge >= 0.3 is 0 Å². The van der Waals surface area contributed by atoms with Gasteiger partial charge in [0.2, 0.25) is 0 Å². The molecule has 0 saturated carbocycles. The molecule has 0 aromatic carbocycles. The first kappa shape index (κ1) is 30.4. The van der Waals surface area contributed by atoms with Crippen molar-refractivity contribution in [1.82, 2.24) is 0 Å². The van der Waals surface area contributed by atoms with Crippen LogP contribution in [0.3, 0.4) is 0 Å². The van der Waals surface area contributed by atoms with E-state index in [-0.39, 0.29) is 0 Å². The van der Waals surface area contributed by atoms with Crippen molar-refractivity contribution in [2.45, 2.75) is 162 Å². The molecule has 0 amide bonds. The molecular formula is C29H60S. The monoisotopic (exact) mass is 440 g/mol. The minimum Gasteiger partial charge on any atom is -0.159 e. The standard InChI is InChI=1S/C29H60S/c1-7-12-14-18-27(16-9-3)22-20-26(6)21-23-28(19-15-13-8-2)24-25-30-29(11-5)17-10-4/h26-29H,7-25H2,1-6H3. The van der Waals surface area contributed by atoms with Crippen molar-refractivity contribution in [3.63, 3.8) is 0 Å². The van der Waals surface area contributed by atoms with Crippen LogP contribution < -0.4 is 0 Å². The van der Waals surface area contributed by atoms with Crippen molar-refractivity contribution in [2.24, 2.45) is 17.8 Å². The lowest BCUT2D eigenvalue weighted by Crippen LogP contribution is -2.09. The van der Waals surface area contributed by atoms with Crippen molar-refractivity contribution >= 4 is 11.8 Å². The van der Waals surface area contributed by atoms with Crippen LogP contribution in [0, 0.1) is 17.8 Å². The van der Waals surface area contributed by atoms with Crippen molar-refractivity contribution in [1.29, 1.82) is 0 Å². The summed E-state index contributed by atoms with van der Waals surface area (Å²) < 4.78 is 0. The van der Waals surface area contributed by atoms with Crippen molar-refractivity contribution in [2.75, 3.05) is 5.75 Å². The SMILES string of the molecule is CCCCCC(CCC)CCC(C)CCC(CCCCC)CCSC(CC)CCC. The van der Waals surface area contributed by atoms with Gasteiger partial charge in [0, 0.05) is 5.25 Å². The molecule has 4 atom stereocenters. The molecule has 0 aliphatic carbocycles. The average Bonchev–Trinajstić information content (AvgIpc) is 2.74. The third-order valence-corrected chi connectivity index (χ3v) is 8.72. The van der Waals surface area contributed by atoms with Crippen LogP contribution >= 0.6 is 11.8 Å². The molecule has 0 spiro atoms. The van der Waals surface area contributed by atoms with Crippen LogP contribution in [-0.4, -0.2) is 11.0 Å². The Morgan fingerprint density at radius 3 is 1.50 bits per heavy atom. The number of hydrogen-bond acceptors (Lipinski definition) is 1. The second kappa shape index (κ2) is 22.5. The largest absolute Gasteiger partial charge is 0.159 e. The van der Waals surface area contributed by atoms with Crippen molar-refractivity contribution < 1.29 is 0 Å². The molecule has 4 unspecified atom stereocenters. The van der Waals surface area contributed by atoms with E-state index in [1.807, 2.05) is 0 Å². The number of hydrogen-bond donors (Lipinski definition) is 0. The van der Waals surface area contributed by atoms with E-state index >= 15 is 0 Å². The molecular weight excluding hydrogens is 380 g/mol. The molecule has 0 heterocycles. The quantitative estimate of drug-likeness (QED) is 0.142. The van der Waals surface area contributed by atoms with Crippen molar-refractivity contribution in [3.8, 4) is 0 Å². The van der Waals surface area contributed by atoms with Crippen LogP contribution in [-0.2, 0) is 0 Å². The first-order valence-corrected chi connectivity index (χ1v) is 15.3. The highest BCUT2D eigenvalue weighted by Gasteiger charge is 2.15. The van der Waals surface area contributed by atoms with E-state index in [1.165, 1.54) is 121 Å². The van der Waals surface area contributed by atoms with Gasteiger partial charge in [-0.05, 0) is 42.8 Å². The van der Waals surface area contributed by atoms with E-state index in [4.69, 9.17) is 0 Å². The second-order valence-electron chi connectivity index (χ2n) is 10.3. The first-order chi connectivity index (χ1) is 14.6. The number of rotatable bonds is 23. The van der Waals surface area contributed by atoms with Gasteiger partial charge in [-0.3, -0.25) is 0 Å². The molecule has 0 saturated heterocycles. The fraction of sp³-hybridized carbons (Fsp3) is 1.00. The maximum atomic E-state index is 2.54. The predicted molar refractivity (Wildman–Crippen MR) is 144 cm³/mol. The summed E-state index contributed by atoms with van der Waals surface area (Å²) in [6, 6.07) is 0. The van der Waals surface area contributed by atoms with Gasteiger partial charge in [-0.15, -0.1) is 0 Å². The average molecular weight is 441 g/mol. The molecule has 30 heavy (non-hydrogen) atoms. The zero-order valence-corrected chi connectivity index (χ0v) is 23.0. The van der Waals surface area contributed by atoms with Crippen LogP contribution in [0.1, 0.15) is 157 Å². The highest BCUT2D eigenvalue weighted by Crippen LogP contribution is 2.29. The van der Waals surface area contributed by atoms with Gasteiger partial charge in [0.15, 0.2) is 0 Å². The summed E-state index contributed by atoms with van der Waals surface area (Å²) in [5.74, 6) is 4.33. The molecule has 0 aromatic rings. The summed E-state index contributed by atoms with van der Waals surface area (Å²) >= 11 is 2.28. The van der Waals surface area contributed by atoms with E-state index in [1.54, 1.807) is 0 Å². The molecule has 1 heteroatoms. The zero-order valence-electron chi connectivity index (χ0n) is 22.2. The Bertz CT molecular complexity index is 326. The number of unbranched alkanes of at least 4 members (excludes halogenated alkanes) is 4. The molecule has 0 fully saturated rings. The maximum Gasteiger partial charge on any atom is 0.00443 e. The fourth-order valence-corrected chi connectivity index (χ4v) is 6.39. The van der Waals surface area contributed by atoms with Crippen LogP contribution in [0.25, 0.3) is 0 Å². The molecule has 0 nitrogen and oxygen atoms in total. The van der Waals surface area contributed by atoms with Gasteiger partial charge in [-0.2, -0.15) is 11.8 Å². The Kier molecular flexibility index (Phi) is 22.8. The predicted octanol–water partition coefficient (Wildman–Crippen LogP) is 11.1. The van der Waals surface area contributed by atoms with Gasteiger partial charge in [0.05, 0.1) is 0 Å². The van der Waals surface area contributed by atoms with E-state index in [9.17, 15) is 0 Å². The Morgan fingerprint density at radius 2 is 1.03 bits per heavy atom. The smallest absolute Gasteiger partial charge is 0.00443 e. The van der Waals surface area contributed by atoms with Crippen LogP contribution in [0.15, 0.2) is 0 Å². The molecule has 0 aliphatic rings. The molecule has 0 aromatic heterocycles. The topological polar surface area (TPSA) is 0 Å². The summed E-state index contributed by atoms with van der Waals surface area (Å²) in [6.07, 6.45) is 25.8. The molecule has 0 N–H and O–H groups in total. The Balaban J connectivity index is 4.29. The Morgan fingerprint density at radius 1 is 0.500 bits per heavy atom. The van der Waals surface area contributed by atoms with E-state index in [2.05, 4.69) is 53.3 Å². The third-order valence-electron chi connectivity index (χ3n) is 7.21. The van der Waals surface area contributed by atoms with E-state index in [0.29, 0.717) is 0 Å². The summed E-state index contributed by atoms with van der Waals surface area (Å²) in [5, 5.41) is 0.911. The summed E-state index contributed by atoms with van der Waals surface area (Å²) in [4.78, 5) is 0. The second-order valence-corrected chi connectivity index (χ2v) is 11.7. The van der Waals surface area contributed by atoms with Gasteiger partial charge in [-0.25, -0.2) is 0 Å². The zero-order chi connectivity index (χ0) is 22.5. The van der Waals surface area contributed by atoms with Crippen molar-refractivity contribution in [3.05, 3.63) is 0 Å².